The van der Waals surface area contributed by atoms with E-state index in [0.29, 0.717) is 12.1 Å². The van der Waals surface area contributed by atoms with Gasteiger partial charge in [0.05, 0.1) is 0 Å². The fourth-order valence-corrected chi connectivity index (χ4v) is 5.28. The number of hydrogen-bond donors (Lipinski definition) is 1. The summed E-state index contributed by atoms with van der Waals surface area (Å²) in [6.45, 7) is 11.3. The summed E-state index contributed by atoms with van der Waals surface area (Å²) in [5.74, 6) is 0. The minimum atomic E-state index is 0.272. The van der Waals surface area contributed by atoms with Gasteiger partial charge in [-0.05, 0) is 55.9 Å². The second-order valence-electron chi connectivity index (χ2n) is 9.06. The zero-order chi connectivity index (χ0) is 20.9. The van der Waals surface area contributed by atoms with Crippen molar-refractivity contribution >= 4 is 5.69 Å². The van der Waals surface area contributed by atoms with Crippen molar-refractivity contribution in [3.05, 3.63) is 65.2 Å². The van der Waals surface area contributed by atoms with Gasteiger partial charge in [0.15, 0.2) is 0 Å². The van der Waals surface area contributed by atoms with Gasteiger partial charge in [0.1, 0.15) is 0 Å². The van der Waals surface area contributed by atoms with Gasteiger partial charge >= 0.3 is 0 Å². The molecule has 30 heavy (non-hydrogen) atoms. The van der Waals surface area contributed by atoms with E-state index in [4.69, 9.17) is 0 Å². The van der Waals surface area contributed by atoms with Gasteiger partial charge in [-0.15, -0.1) is 0 Å². The maximum absolute atomic E-state index is 9.69. The maximum atomic E-state index is 9.69. The summed E-state index contributed by atoms with van der Waals surface area (Å²) < 4.78 is 0. The Labute approximate surface area is 182 Å². The first-order chi connectivity index (χ1) is 14.7. The largest absolute Gasteiger partial charge is 0.396 e. The van der Waals surface area contributed by atoms with Gasteiger partial charge in [0.2, 0.25) is 0 Å². The lowest BCUT2D eigenvalue weighted by atomic mass is 9.98. The molecule has 0 spiro atoms. The number of para-hydroxylation sites is 1. The molecule has 162 valence electrons. The molecule has 2 fully saturated rings. The molecule has 1 N–H and O–H groups in total. The summed E-state index contributed by atoms with van der Waals surface area (Å²) in [5, 5.41) is 9.69. The zero-order valence-corrected chi connectivity index (χ0v) is 18.6. The molecule has 4 rings (SSSR count). The van der Waals surface area contributed by atoms with Gasteiger partial charge in [0, 0.05) is 63.6 Å². The number of benzene rings is 2. The first-order valence-electron chi connectivity index (χ1n) is 11.6. The zero-order valence-electron chi connectivity index (χ0n) is 18.6. The molecule has 1 atom stereocenters. The molecule has 2 heterocycles. The lowest BCUT2D eigenvalue weighted by Crippen LogP contribution is -2.57. The predicted octanol–water partition coefficient (Wildman–Crippen LogP) is 3.84. The quantitative estimate of drug-likeness (QED) is 0.788. The van der Waals surface area contributed by atoms with Crippen molar-refractivity contribution in [1.29, 1.82) is 0 Å². The van der Waals surface area contributed by atoms with Crippen LogP contribution in [-0.4, -0.2) is 66.3 Å². The van der Waals surface area contributed by atoms with E-state index in [0.717, 1.165) is 45.7 Å². The molecular weight excluding hydrogens is 370 g/mol. The summed E-state index contributed by atoms with van der Waals surface area (Å²) >= 11 is 0. The standard InChI is InChI=1S/C26H37N3O/c1-21-7-3-5-9-23(21)19-28-16-17-29(20-25(28)13-18-30)24-11-14-27(15-12-24)26-10-6-4-8-22(26)2/h3-10,24-25,30H,11-20H2,1-2H3/t25-/m1/s1. The SMILES string of the molecule is Cc1ccccc1CN1CCN(C2CCN(c3ccccc3C)CC2)C[C@H]1CCO. The van der Waals surface area contributed by atoms with E-state index < -0.39 is 0 Å². The number of nitrogens with zero attached hydrogens (tertiary/aromatic N) is 3. The van der Waals surface area contributed by atoms with Crippen molar-refractivity contribution in [2.24, 2.45) is 0 Å². The topological polar surface area (TPSA) is 30.0 Å². The van der Waals surface area contributed by atoms with Crippen molar-refractivity contribution in [2.75, 3.05) is 44.2 Å². The number of anilines is 1. The Morgan fingerprint density at radius 3 is 2.27 bits per heavy atom. The average molecular weight is 408 g/mol. The number of aliphatic hydroxyl groups is 1. The van der Waals surface area contributed by atoms with E-state index in [-0.39, 0.29) is 6.61 Å². The van der Waals surface area contributed by atoms with Crippen LogP contribution in [0, 0.1) is 13.8 Å². The average Bonchev–Trinajstić information content (AvgIpc) is 2.77. The third-order valence-electron chi connectivity index (χ3n) is 7.17. The number of rotatable bonds is 6. The molecule has 0 unspecified atom stereocenters. The third kappa shape index (κ3) is 4.88. The van der Waals surface area contributed by atoms with E-state index in [1.54, 1.807) is 0 Å². The second kappa shape index (κ2) is 9.95. The Bertz CT molecular complexity index is 815. The minimum Gasteiger partial charge on any atom is -0.396 e. The number of hydrogen-bond acceptors (Lipinski definition) is 4. The van der Waals surface area contributed by atoms with Crippen LogP contribution in [0.5, 0.6) is 0 Å². The van der Waals surface area contributed by atoms with Crippen LogP contribution in [0.2, 0.25) is 0 Å². The Hall–Kier alpha value is -1.88. The highest BCUT2D eigenvalue weighted by Crippen LogP contribution is 2.27. The summed E-state index contributed by atoms with van der Waals surface area (Å²) in [6, 6.07) is 18.6. The molecule has 0 aromatic heterocycles. The highest BCUT2D eigenvalue weighted by Gasteiger charge is 2.32. The Morgan fingerprint density at radius 1 is 0.867 bits per heavy atom. The summed E-state index contributed by atoms with van der Waals surface area (Å²) in [4.78, 5) is 7.87. The van der Waals surface area contributed by atoms with Crippen LogP contribution in [0.25, 0.3) is 0 Å². The highest BCUT2D eigenvalue weighted by atomic mass is 16.3. The lowest BCUT2D eigenvalue weighted by molar-refractivity contribution is 0.0253. The first-order valence-corrected chi connectivity index (χ1v) is 11.6. The van der Waals surface area contributed by atoms with Gasteiger partial charge in [-0.3, -0.25) is 9.80 Å². The van der Waals surface area contributed by atoms with Gasteiger partial charge in [0.25, 0.3) is 0 Å². The van der Waals surface area contributed by atoms with E-state index in [2.05, 4.69) is 77.1 Å². The minimum absolute atomic E-state index is 0.272. The van der Waals surface area contributed by atoms with Crippen LogP contribution in [-0.2, 0) is 6.54 Å². The number of piperazine rings is 1. The van der Waals surface area contributed by atoms with E-state index in [1.807, 2.05) is 0 Å². The summed E-state index contributed by atoms with van der Waals surface area (Å²) in [5.41, 5.74) is 5.56. The van der Waals surface area contributed by atoms with Crippen molar-refractivity contribution in [1.82, 2.24) is 9.80 Å². The Morgan fingerprint density at radius 2 is 1.57 bits per heavy atom. The van der Waals surface area contributed by atoms with Crippen molar-refractivity contribution in [3.63, 3.8) is 0 Å². The monoisotopic (exact) mass is 407 g/mol. The van der Waals surface area contributed by atoms with E-state index in [1.165, 1.54) is 35.2 Å². The maximum Gasteiger partial charge on any atom is 0.0446 e. The summed E-state index contributed by atoms with van der Waals surface area (Å²) in [6.07, 6.45) is 3.33. The molecule has 2 aliphatic heterocycles. The Kier molecular flexibility index (Phi) is 7.08. The predicted molar refractivity (Wildman–Crippen MR) is 125 cm³/mol. The van der Waals surface area contributed by atoms with Crippen LogP contribution in [0.1, 0.15) is 36.0 Å². The molecular formula is C26H37N3O. The molecule has 2 aromatic rings. The van der Waals surface area contributed by atoms with Crippen molar-refractivity contribution < 1.29 is 5.11 Å². The van der Waals surface area contributed by atoms with Crippen LogP contribution in [0.4, 0.5) is 5.69 Å². The molecule has 2 aromatic carbocycles. The van der Waals surface area contributed by atoms with Crippen molar-refractivity contribution in [3.8, 4) is 0 Å². The molecule has 4 heteroatoms. The number of aryl methyl sites for hydroxylation is 2. The number of aliphatic hydroxyl groups excluding tert-OH is 1. The van der Waals surface area contributed by atoms with Gasteiger partial charge in [-0.2, -0.15) is 0 Å². The lowest BCUT2D eigenvalue weighted by Gasteiger charge is -2.47. The van der Waals surface area contributed by atoms with Gasteiger partial charge in [-0.25, -0.2) is 0 Å². The molecule has 4 nitrogen and oxygen atoms in total. The number of piperidine rings is 1. The molecule has 0 amide bonds. The molecule has 2 saturated heterocycles. The second-order valence-corrected chi connectivity index (χ2v) is 9.06. The van der Waals surface area contributed by atoms with E-state index in [9.17, 15) is 5.11 Å². The normalized spacial score (nSPS) is 21.8. The fraction of sp³-hybridized carbons (Fsp3) is 0.538. The van der Waals surface area contributed by atoms with Crippen LogP contribution < -0.4 is 4.90 Å². The van der Waals surface area contributed by atoms with Crippen LogP contribution in [0.3, 0.4) is 0 Å². The molecule has 0 aliphatic carbocycles. The molecule has 0 bridgehead atoms. The highest BCUT2D eigenvalue weighted by molar-refractivity contribution is 5.53. The third-order valence-corrected chi connectivity index (χ3v) is 7.17. The van der Waals surface area contributed by atoms with Crippen molar-refractivity contribution in [2.45, 2.75) is 51.7 Å². The smallest absolute Gasteiger partial charge is 0.0446 e. The summed E-state index contributed by atoms with van der Waals surface area (Å²) in [7, 11) is 0. The van der Waals surface area contributed by atoms with Crippen LogP contribution >= 0.6 is 0 Å². The Balaban J connectivity index is 1.35. The van der Waals surface area contributed by atoms with Gasteiger partial charge < -0.3 is 10.0 Å². The first kappa shape index (κ1) is 21.4. The molecule has 2 aliphatic rings. The molecule has 0 radical (unpaired) electrons. The molecule has 0 saturated carbocycles. The van der Waals surface area contributed by atoms with E-state index >= 15 is 0 Å². The van der Waals surface area contributed by atoms with Gasteiger partial charge in [-0.1, -0.05) is 42.5 Å². The van der Waals surface area contributed by atoms with Crippen LogP contribution in [0.15, 0.2) is 48.5 Å². The fourth-order valence-electron chi connectivity index (χ4n) is 5.28.